The van der Waals surface area contributed by atoms with Crippen molar-refractivity contribution in [2.75, 3.05) is 7.11 Å². The molecule has 1 amide bonds. The van der Waals surface area contributed by atoms with Crippen molar-refractivity contribution in [3.8, 4) is 5.75 Å². The van der Waals surface area contributed by atoms with Crippen LogP contribution < -0.4 is 10.1 Å². The van der Waals surface area contributed by atoms with Gasteiger partial charge in [-0.25, -0.2) is 8.42 Å². The Labute approximate surface area is 157 Å². The zero-order valence-corrected chi connectivity index (χ0v) is 16.0. The fourth-order valence-electron chi connectivity index (χ4n) is 2.57. The predicted molar refractivity (Wildman–Crippen MR) is 97.7 cm³/mol. The third-order valence-electron chi connectivity index (χ3n) is 4.11. The van der Waals surface area contributed by atoms with E-state index < -0.39 is 26.4 Å². The van der Waals surface area contributed by atoms with Gasteiger partial charge < -0.3 is 10.1 Å². The smallest absolute Gasteiger partial charge is 0.341 e. The van der Waals surface area contributed by atoms with Crippen LogP contribution in [0.5, 0.6) is 5.75 Å². The lowest BCUT2D eigenvalue weighted by atomic mass is 9.95. The van der Waals surface area contributed by atoms with Crippen LogP contribution in [0.2, 0.25) is 0 Å². The summed E-state index contributed by atoms with van der Waals surface area (Å²) in [5.74, 6) is -3.15. The van der Waals surface area contributed by atoms with Gasteiger partial charge in [-0.15, -0.1) is 0 Å². The van der Waals surface area contributed by atoms with Gasteiger partial charge in [0.2, 0.25) is 9.84 Å². The van der Waals surface area contributed by atoms with Crippen molar-refractivity contribution in [1.82, 2.24) is 5.32 Å². The molecule has 0 aromatic heterocycles. The van der Waals surface area contributed by atoms with E-state index >= 15 is 0 Å². The number of sulfone groups is 1. The molecule has 2 aromatic rings. The second-order valence-electron chi connectivity index (χ2n) is 6.30. The van der Waals surface area contributed by atoms with E-state index in [0.29, 0.717) is 5.75 Å². The number of halogens is 2. The summed E-state index contributed by atoms with van der Waals surface area (Å²) in [6, 6.07) is 11.5. The summed E-state index contributed by atoms with van der Waals surface area (Å²) in [6.07, 6.45) is 0. The molecule has 0 saturated heterocycles. The highest BCUT2D eigenvalue weighted by Gasteiger charge is 2.27. The number of nitrogens with one attached hydrogen (secondary N) is 1. The first kappa shape index (κ1) is 20.8. The average Bonchev–Trinajstić information content (AvgIpc) is 2.65. The van der Waals surface area contributed by atoms with Gasteiger partial charge in [-0.3, -0.25) is 4.79 Å². The maximum absolute atomic E-state index is 12.6. The normalized spacial score (nSPS) is 12.9. The molecule has 0 radical (unpaired) electrons. The number of carbonyl (C=O) groups is 1. The molecule has 8 heteroatoms. The molecule has 0 aliphatic carbocycles. The first-order valence-electron chi connectivity index (χ1n) is 8.23. The second kappa shape index (κ2) is 8.47. The van der Waals surface area contributed by atoms with Crippen LogP contribution in [0.15, 0.2) is 53.4 Å². The molecule has 0 unspecified atom stereocenters. The van der Waals surface area contributed by atoms with Crippen molar-refractivity contribution in [2.45, 2.75) is 30.5 Å². The largest absolute Gasteiger partial charge is 0.497 e. The van der Waals surface area contributed by atoms with Crippen molar-refractivity contribution < 1.29 is 26.7 Å². The zero-order valence-electron chi connectivity index (χ0n) is 15.1. The van der Waals surface area contributed by atoms with E-state index in [2.05, 4.69) is 5.32 Å². The minimum absolute atomic E-state index is 0.0841. The number of hydrogen-bond acceptors (Lipinski definition) is 4. The molecule has 0 fully saturated rings. The zero-order chi connectivity index (χ0) is 20.2. The van der Waals surface area contributed by atoms with Gasteiger partial charge in [-0.2, -0.15) is 8.78 Å². The van der Waals surface area contributed by atoms with Crippen LogP contribution in [-0.2, 0) is 9.84 Å². The third kappa shape index (κ3) is 4.82. The molecule has 146 valence electrons. The number of amides is 1. The molecular weight excluding hydrogens is 376 g/mol. The summed E-state index contributed by atoms with van der Waals surface area (Å²) >= 11 is 0. The van der Waals surface area contributed by atoms with Gasteiger partial charge in [0.15, 0.2) is 0 Å². The molecule has 0 bridgehead atoms. The van der Waals surface area contributed by atoms with Gasteiger partial charge in [-0.1, -0.05) is 26.0 Å². The van der Waals surface area contributed by atoms with Crippen LogP contribution in [0.3, 0.4) is 0 Å². The van der Waals surface area contributed by atoms with Crippen LogP contribution in [-0.4, -0.2) is 27.2 Å². The monoisotopic (exact) mass is 397 g/mol. The van der Waals surface area contributed by atoms with Crippen molar-refractivity contribution in [3.63, 3.8) is 0 Å². The fourth-order valence-corrected chi connectivity index (χ4v) is 3.29. The summed E-state index contributed by atoms with van der Waals surface area (Å²) in [4.78, 5) is 12.0. The summed E-state index contributed by atoms with van der Waals surface area (Å²) < 4.78 is 53.2. The second-order valence-corrected chi connectivity index (χ2v) is 8.22. The fraction of sp³-hybridized carbons (Fsp3) is 0.316. The quantitative estimate of drug-likeness (QED) is 0.771. The Morgan fingerprint density at radius 1 is 1.00 bits per heavy atom. The molecule has 0 aliphatic rings. The van der Waals surface area contributed by atoms with Gasteiger partial charge in [0.1, 0.15) is 5.75 Å². The standard InChI is InChI=1S/C19H21F2NO4S/c1-12(2)17(13-4-8-15(26-3)9-5-13)22-18(23)14-6-10-16(11-7-14)27(24,25)19(20)21/h4-12,17,19H,1-3H3,(H,22,23)/t17-/m0/s1. The Morgan fingerprint density at radius 2 is 1.56 bits per heavy atom. The predicted octanol–water partition coefficient (Wildman–Crippen LogP) is 3.82. The van der Waals surface area contributed by atoms with Crippen LogP contribution in [0, 0.1) is 5.92 Å². The number of benzene rings is 2. The van der Waals surface area contributed by atoms with Gasteiger partial charge >= 0.3 is 5.76 Å². The lowest BCUT2D eigenvalue weighted by molar-refractivity contribution is 0.0925. The Kier molecular flexibility index (Phi) is 6.54. The van der Waals surface area contributed by atoms with Crippen LogP contribution in [0.1, 0.15) is 35.8 Å². The van der Waals surface area contributed by atoms with E-state index in [1.807, 2.05) is 26.0 Å². The molecule has 0 saturated carbocycles. The van der Waals surface area contributed by atoms with Gasteiger partial charge in [0.05, 0.1) is 18.0 Å². The molecule has 0 spiro atoms. The van der Waals surface area contributed by atoms with E-state index in [-0.39, 0.29) is 17.5 Å². The van der Waals surface area contributed by atoms with Gasteiger partial charge in [0.25, 0.3) is 5.91 Å². The third-order valence-corrected chi connectivity index (χ3v) is 5.51. The summed E-state index contributed by atoms with van der Waals surface area (Å²) in [5.41, 5.74) is 1.07. The van der Waals surface area contributed by atoms with E-state index in [0.717, 1.165) is 17.7 Å². The lowest BCUT2D eigenvalue weighted by Gasteiger charge is -2.23. The van der Waals surface area contributed by atoms with Crippen LogP contribution in [0.25, 0.3) is 0 Å². The Bertz CT molecular complexity index is 879. The van der Waals surface area contributed by atoms with E-state index in [1.165, 1.54) is 12.1 Å². The summed E-state index contributed by atoms with van der Waals surface area (Å²) in [6.45, 7) is 3.90. The van der Waals surface area contributed by atoms with Crippen molar-refractivity contribution >= 4 is 15.7 Å². The number of methoxy groups -OCH3 is 1. The molecule has 0 aliphatic heterocycles. The first-order chi connectivity index (χ1) is 12.7. The van der Waals surface area contributed by atoms with E-state index in [4.69, 9.17) is 4.74 Å². The minimum Gasteiger partial charge on any atom is -0.497 e. The molecule has 2 rings (SSSR count). The number of hydrogen-bond donors (Lipinski definition) is 1. The Balaban J connectivity index is 2.20. The van der Waals surface area contributed by atoms with Crippen molar-refractivity contribution in [1.29, 1.82) is 0 Å². The van der Waals surface area contributed by atoms with Crippen LogP contribution in [0.4, 0.5) is 8.78 Å². The molecule has 1 N–H and O–H groups in total. The summed E-state index contributed by atoms with van der Waals surface area (Å²) in [5, 5.41) is 2.89. The van der Waals surface area contributed by atoms with Crippen molar-refractivity contribution in [3.05, 3.63) is 59.7 Å². The Hall–Kier alpha value is -2.48. The molecule has 5 nitrogen and oxygen atoms in total. The Morgan fingerprint density at radius 3 is 2.00 bits per heavy atom. The van der Waals surface area contributed by atoms with Crippen LogP contribution >= 0.6 is 0 Å². The minimum atomic E-state index is -4.68. The topological polar surface area (TPSA) is 72.5 Å². The molecule has 0 heterocycles. The van der Waals surface area contributed by atoms with E-state index in [9.17, 15) is 22.0 Å². The molecule has 2 aromatic carbocycles. The average molecular weight is 397 g/mol. The number of rotatable bonds is 7. The first-order valence-corrected chi connectivity index (χ1v) is 9.78. The SMILES string of the molecule is COc1ccc([C@@H](NC(=O)c2ccc(S(=O)(=O)C(F)F)cc2)C(C)C)cc1. The highest BCUT2D eigenvalue weighted by molar-refractivity contribution is 7.91. The molecule has 1 atom stereocenters. The van der Waals surface area contributed by atoms with Gasteiger partial charge in [0, 0.05) is 5.56 Å². The number of alkyl halides is 2. The highest BCUT2D eigenvalue weighted by Crippen LogP contribution is 2.25. The van der Waals surface area contributed by atoms with Crippen molar-refractivity contribution in [2.24, 2.45) is 5.92 Å². The maximum atomic E-state index is 12.6. The maximum Gasteiger partial charge on any atom is 0.341 e. The molecule has 27 heavy (non-hydrogen) atoms. The molecular formula is C19H21F2NO4S. The number of carbonyl (C=O) groups excluding carboxylic acids is 1. The highest BCUT2D eigenvalue weighted by atomic mass is 32.2. The number of ether oxygens (including phenoxy) is 1. The summed E-state index contributed by atoms with van der Waals surface area (Å²) in [7, 11) is -3.12. The van der Waals surface area contributed by atoms with Gasteiger partial charge in [-0.05, 0) is 47.9 Å². The van der Waals surface area contributed by atoms with E-state index in [1.54, 1.807) is 19.2 Å². The lowest BCUT2D eigenvalue weighted by Crippen LogP contribution is -2.31.